The molecule has 0 fully saturated rings. The molecule has 1 atom stereocenters. The number of benzene rings is 1. The first-order chi connectivity index (χ1) is 9.27. The fraction of sp³-hybridized carbons (Fsp3) is 0.385. The zero-order valence-corrected chi connectivity index (χ0v) is 12.4. The van der Waals surface area contributed by atoms with Gasteiger partial charge in [0.15, 0.2) is 17.6 Å². The molecule has 0 radical (unpaired) electrons. The smallest absolute Gasteiger partial charge is 0.339 e. The molecule has 1 amide bonds. The maximum Gasteiger partial charge on any atom is 0.339 e. The van der Waals surface area contributed by atoms with Gasteiger partial charge in [0.1, 0.15) is 5.56 Å². The summed E-state index contributed by atoms with van der Waals surface area (Å²) in [6.45, 7) is 1.53. The largest absolute Gasteiger partial charge is 0.493 e. The molecule has 0 aliphatic rings. The molecule has 0 spiro atoms. The van der Waals surface area contributed by atoms with E-state index in [1.54, 1.807) is 14.1 Å². The van der Waals surface area contributed by atoms with Crippen molar-refractivity contribution in [2.45, 2.75) is 13.0 Å². The van der Waals surface area contributed by atoms with Gasteiger partial charge in [-0.15, -0.1) is 0 Å². The molecule has 0 aromatic heterocycles. The number of carbonyl (C=O) groups excluding carboxylic acids is 1. The van der Waals surface area contributed by atoms with Crippen LogP contribution in [0.2, 0.25) is 5.02 Å². The summed E-state index contributed by atoms with van der Waals surface area (Å²) in [6.07, 6.45) is -0.849. The highest BCUT2D eigenvalue weighted by Crippen LogP contribution is 2.35. The van der Waals surface area contributed by atoms with E-state index in [0.717, 1.165) is 0 Å². The van der Waals surface area contributed by atoms with Crippen molar-refractivity contribution >= 4 is 23.5 Å². The van der Waals surface area contributed by atoms with Crippen LogP contribution < -0.4 is 9.47 Å². The van der Waals surface area contributed by atoms with Crippen LogP contribution in [0.15, 0.2) is 12.1 Å². The van der Waals surface area contributed by atoms with E-state index in [0.29, 0.717) is 0 Å². The van der Waals surface area contributed by atoms with Gasteiger partial charge in [-0.25, -0.2) is 4.79 Å². The molecule has 0 saturated carbocycles. The van der Waals surface area contributed by atoms with Crippen LogP contribution in [0.1, 0.15) is 17.3 Å². The summed E-state index contributed by atoms with van der Waals surface area (Å²) < 4.78 is 10.5. The molecule has 0 saturated heterocycles. The molecule has 1 aromatic carbocycles. The number of hydrogen-bond acceptors (Lipinski definition) is 4. The molecular formula is C13H16ClNO5. The predicted octanol–water partition coefficient (Wildman–Crippen LogP) is 1.90. The lowest BCUT2D eigenvalue weighted by molar-refractivity contribution is -0.135. The molecule has 1 aromatic rings. The average molecular weight is 302 g/mol. The molecule has 20 heavy (non-hydrogen) atoms. The van der Waals surface area contributed by atoms with Crippen LogP contribution in [-0.4, -0.2) is 49.2 Å². The highest BCUT2D eigenvalue weighted by molar-refractivity contribution is 6.31. The van der Waals surface area contributed by atoms with E-state index in [1.165, 1.54) is 31.1 Å². The topological polar surface area (TPSA) is 76.1 Å². The molecule has 0 bridgehead atoms. The Morgan fingerprint density at radius 2 is 1.95 bits per heavy atom. The molecule has 110 valence electrons. The molecule has 1 rings (SSSR count). The lowest BCUT2D eigenvalue weighted by atomic mass is 10.2. The fourth-order valence-corrected chi connectivity index (χ4v) is 1.80. The van der Waals surface area contributed by atoms with Gasteiger partial charge in [0.05, 0.1) is 7.11 Å². The van der Waals surface area contributed by atoms with E-state index in [9.17, 15) is 14.7 Å². The maximum atomic E-state index is 11.8. The number of ether oxygens (including phenoxy) is 2. The third-order valence-corrected chi connectivity index (χ3v) is 2.77. The van der Waals surface area contributed by atoms with Gasteiger partial charge in [0.2, 0.25) is 0 Å². The van der Waals surface area contributed by atoms with Crippen molar-refractivity contribution in [2.24, 2.45) is 0 Å². The van der Waals surface area contributed by atoms with Crippen molar-refractivity contribution in [3.63, 3.8) is 0 Å². The van der Waals surface area contributed by atoms with Crippen molar-refractivity contribution < 1.29 is 24.2 Å². The summed E-state index contributed by atoms with van der Waals surface area (Å²) in [6, 6.07) is 2.67. The zero-order chi connectivity index (χ0) is 15.4. The Balaban J connectivity index is 3.22. The number of hydrogen-bond donors (Lipinski definition) is 1. The van der Waals surface area contributed by atoms with Crippen molar-refractivity contribution in [1.82, 2.24) is 4.90 Å². The molecule has 1 N–H and O–H groups in total. The molecule has 6 nitrogen and oxygen atoms in total. The van der Waals surface area contributed by atoms with E-state index < -0.39 is 12.1 Å². The van der Waals surface area contributed by atoms with E-state index in [-0.39, 0.29) is 28.0 Å². The number of rotatable bonds is 5. The van der Waals surface area contributed by atoms with Crippen molar-refractivity contribution in [2.75, 3.05) is 21.2 Å². The van der Waals surface area contributed by atoms with Gasteiger partial charge in [-0.3, -0.25) is 4.79 Å². The maximum absolute atomic E-state index is 11.8. The van der Waals surface area contributed by atoms with Gasteiger partial charge in [-0.05, 0) is 13.0 Å². The summed E-state index contributed by atoms with van der Waals surface area (Å²) in [5.74, 6) is -1.37. The number of likely N-dealkylation sites (N-methyl/N-ethyl adjacent to an activating group) is 1. The SMILES string of the molecule is COc1cc(Cl)cc(C(=O)O)c1OC(C)C(=O)N(C)C. The van der Waals surface area contributed by atoms with E-state index in [2.05, 4.69) is 0 Å². The first-order valence-corrected chi connectivity index (χ1v) is 6.14. The van der Waals surface area contributed by atoms with Gasteiger partial charge in [0, 0.05) is 25.2 Å². The fourth-order valence-electron chi connectivity index (χ4n) is 1.59. The van der Waals surface area contributed by atoms with Crippen LogP contribution in [-0.2, 0) is 4.79 Å². The van der Waals surface area contributed by atoms with Gasteiger partial charge < -0.3 is 19.5 Å². The summed E-state index contributed by atoms with van der Waals surface area (Å²) >= 11 is 5.82. The third-order valence-electron chi connectivity index (χ3n) is 2.55. The molecule has 0 heterocycles. The van der Waals surface area contributed by atoms with Gasteiger partial charge >= 0.3 is 5.97 Å². The van der Waals surface area contributed by atoms with Crippen LogP contribution in [0.3, 0.4) is 0 Å². The monoisotopic (exact) mass is 301 g/mol. The average Bonchev–Trinajstić information content (AvgIpc) is 2.38. The predicted molar refractivity (Wildman–Crippen MR) is 73.7 cm³/mol. The normalized spacial score (nSPS) is 11.7. The molecule has 0 aliphatic heterocycles. The van der Waals surface area contributed by atoms with E-state index in [4.69, 9.17) is 21.1 Å². The van der Waals surface area contributed by atoms with Crippen LogP contribution in [0.5, 0.6) is 11.5 Å². The number of carboxylic acid groups (broad SMARTS) is 1. The van der Waals surface area contributed by atoms with E-state index >= 15 is 0 Å². The first-order valence-electron chi connectivity index (χ1n) is 5.76. The standard InChI is InChI=1S/C13H16ClNO5/c1-7(12(16)15(2)3)20-11-9(13(17)18)5-8(14)6-10(11)19-4/h5-7H,1-4H3,(H,17,18). The number of methoxy groups -OCH3 is 1. The molecule has 0 aliphatic carbocycles. The van der Waals surface area contributed by atoms with Crippen molar-refractivity contribution in [3.8, 4) is 11.5 Å². The Kier molecular flexibility index (Phi) is 5.21. The molecule has 1 unspecified atom stereocenters. The minimum Gasteiger partial charge on any atom is -0.493 e. The quantitative estimate of drug-likeness (QED) is 0.899. The number of carboxylic acids is 1. The number of carbonyl (C=O) groups is 2. The van der Waals surface area contributed by atoms with Gasteiger partial charge in [0.25, 0.3) is 5.91 Å². The van der Waals surface area contributed by atoms with Crippen molar-refractivity contribution in [3.05, 3.63) is 22.7 Å². The minimum atomic E-state index is -1.22. The van der Waals surface area contributed by atoms with Crippen molar-refractivity contribution in [1.29, 1.82) is 0 Å². The second-order valence-electron chi connectivity index (χ2n) is 4.28. The summed E-state index contributed by atoms with van der Waals surface area (Å²) in [7, 11) is 4.53. The Bertz CT molecular complexity index is 530. The van der Waals surface area contributed by atoms with Crippen LogP contribution in [0.4, 0.5) is 0 Å². The van der Waals surface area contributed by atoms with Gasteiger partial charge in [-0.1, -0.05) is 11.6 Å². The lowest BCUT2D eigenvalue weighted by Crippen LogP contribution is -2.35. The number of amides is 1. The zero-order valence-electron chi connectivity index (χ0n) is 11.6. The van der Waals surface area contributed by atoms with Crippen LogP contribution in [0.25, 0.3) is 0 Å². The summed E-state index contributed by atoms with van der Waals surface area (Å²) in [4.78, 5) is 24.4. The van der Waals surface area contributed by atoms with E-state index in [1.807, 2.05) is 0 Å². The second kappa shape index (κ2) is 6.47. The van der Waals surface area contributed by atoms with Gasteiger partial charge in [-0.2, -0.15) is 0 Å². The Morgan fingerprint density at radius 3 is 2.40 bits per heavy atom. The first kappa shape index (κ1) is 16.1. The third kappa shape index (κ3) is 3.54. The highest BCUT2D eigenvalue weighted by atomic mass is 35.5. The Hall–Kier alpha value is -1.95. The Morgan fingerprint density at radius 1 is 1.35 bits per heavy atom. The second-order valence-corrected chi connectivity index (χ2v) is 4.72. The number of aromatic carboxylic acids is 1. The summed E-state index contributed by atoms with van der Waals surface area (Å²) in [5, 5.41) is 9.39. The molecular weight excluding hydrogens is 286 g/mol. The highest BCUT2D eigenvalue weighted by Gasteiger charge is 2.24. The van der Waals surface area contributed by atoms with Crippen LogP contribution in [0, 0.1) is 0 Å². The number of nitrogens with zero attached hydrogens (tertiary/aromatic N) is 1. The van der Waals surface area contributed by atoms with Crippen LogP contribution >= 0.6 is 11.6 Å². The molecule has 7 heteroatoms. The number of halogens is 1. The Labute approximate surface area is 121 Å². The lowest BCUT2D eigenvalue weighted by Gasteiger charge is -2.20. The summed E-state index contributed by atoms with van der Waals surface area (Å²) in [5.41, 5.74) is -0.159. The minimum absolute atomic E-state index is 0.0212.